The fourth-order valence-electron chi connectivity index (χ4n) is 3.88. The summed E-state index contributed by atoms with van der Waals surface area (Å²) in [4.78, 5) is 27.3. The van der Waals surface area contributed by atoms with Gasteiger partial charge in [0.1, 0.15) is 5.60 Å². The molecule has 1 saturated carbocycles. The summed E-state index contributed by atoms with van der Waals surface area (Å²) in [5.41, 5.74) is 4.43. The summed E-state index contributed by atoms with van der Waals surface area (Å²) >= 11 is 0. The van der Waals surface area contributed by atoms with E-state index in [0.717, 1.165) is 30.4 Å². The van der Waals surface area contributed by atoms with Gasteiger partial charge >= 0.3 is 6.09 Å². The average Bonchev–Trinajstić information content (AvgIpc) is 3.55. The molecule has 1 atom stereocenters. The minimum atomic E-state index is -0.598. The number of carbonyl (C=O) groups excluding carboxylic acids is 2. The van der Waals surface area contributed by atoms with Crippen LogP contribution >= 0.6 is 0 Å². The molecule has 1 aliphatic carbocycles. The predicted molar refractivity (Wildman–Crippen MR) is 117 cm³/mol. The Balaban J connectivity index is 1.68. The first-order chi connectivity index (χ1) is 14.6. The molecule has 2 amide bonds. The number of benzene rings is 1. The van der Waals surface area contributed by atoms with E-state index in [0.29, 0.717) is 30.5 Å². The Morgan fingerprint density at radius 2 is 1.77 bits per heavy atom. The van der Waals surface area contributed by atoms with Gasteiger partial charge in [0, 0.05) is 19.1 Å². The van der Waals surface area contributed by atoms with Gasteiger partial charge in [0.05, 0.1) is 20.8 Å². The number of carbonyl (C=O) groups is 2. The maximum atomic E-state index is 13.1. The van der Waals surface area contributed by atoms with Gasteiger partial charge in [-0.3, -0.25) is 10.2 Å². The molecule has 0 aromatic heterocycles. The molecule has 1 aromatic rings. The third kappa shape index (κ3) is 6.03. The second kappa shape index (κ2) is 9.34. The van der Waals surface area contributed by atoms with Crippen LogP contribution in [0, 0.1) is 5.92 Å². The van der Waals surface area contributed by atoms with Crippen LogP contribution in [-0.2, 0) is 22.5 Å². The zero-order chi connectivity index (χ0) is 22.8. The van der Waals surface area contributed by atoms with Gasteiger partial charge in [0.15, 0.2) is 11.5 Å². The van der Waals surface area contributed by atoms with Gasteiger partial charge in [-0.05, 0) is 76.1 Å². The Labute approximate surface area is 184 Å². The van der Waals surface area contributed by atoms with Crippen LogP contribution in [0.2, 0.25) is 0 Å². The van der Waals surface area contributed by atoms with E-state index in [9.17, 15) is 9.59 Å². The van der Waals surface area contributed by atoms with Crippen molar-refractivity contribution in [1.82, 2.24) is 15.3 Å². The third-order valence-electron chi connectivity index (χ3n) is 5.81. The molecule has 8 heteroatoms. The van der Waals surface area contributed by atoms with Crippen molar-refractivity contribution < 1.29 is 23.8 Å². The van der Waals surface area contributed by atoms with Crippen molar-refractivity contribution in [1.29, 1.82) is 0 Å². The van der Waals surface area contributed by atoms with Crippen LogP contribution < -0.4 is 14.9 Å². The molecule has 8 nitrogen and oxygen atoms in total. The molecule has 1 aliphatic heterocycles. The van der Waals surface area contributed by atoms with Crippen LogP contribution in [0.15, 0.2) is 12.1 Å². The smallest absolute Gasteiger partial charge is 0.422 e. The fraction of sp³-hybridized carbons (Fsp3) is 0.652. The summed E-state index contributed by atoms with van der Waals surface area (Å²) in [5.74, 6) is 1.82. The molecule has 0 radical (unpaired) electrons. The molecule has 0 unspecified atom stereocenters. The van der Waals surface area contributed by atoms with E-state index in [-0.39, 0.29) is 18.5 Å². The largest absolute Gasteiger partial charge is 0.493 e. The van der Waals surface area contributed by atoms with Crippen LogP contribution in [0.4, 0.5) is 4.79 Å². The minimum absolute atomic E-state index is 0.0241. The standard InChI is InChI=1S/C23H35N3O5/c1-15(16-7-8-16)26(24-22(28)31-23(2,3)4)14-21(27)25-10-9-17-11-19(29-5)20(30-6)12-18(17)13-25/h11-12,15-16H,7-10,13-14H2,1-6H3,(H,24,28)/t15-/m1/s1. The van der Waals surface area contributed by atoms with E-state index in [1.165, 1.54) is 0 Å². The third-order valence-corrected chi connectivity index (χ3v) is 5.81. The Morgan fingerprint density at radius 3 is 2.32 bits per heavy atom. The lowest BCUT2D eigenvalue weighted by Gasteiger charge is -2.34. The summed E-state index contributed by atoms with van der Waals surface area (Å²) in [6.45, 7) is 8.75. The number of ether oxygens (including phenoxy) is 3. The summed E-state index contributed by atoms with van der Waals surface area (Å²) in [5, 5.41) is 1.73. The van der Waals surface area contributed by atoms with E-state index < -0.39 is 11.7 Å². The molecule has 1 heterocycles. The van der Waals surface area contributed by atoms with Gasteiger partial charge in [-0.2, -0.15) is 0 Å². The van der Waals surface area contributed by atoms with E-state index in [4.69, 9.17) is 14.2 Å². The lowest BCUT2D eigenvalue weighted by Crippen LogP contribution is -2.54. The highest BCUT2D eigenvalue weighted by molar-refractivity contribution is 5.79. The van der Waals surface area contributed by atoms with Crippen molar-refractivity contribution in [3.63, 3.8) is 0 Å². The zero-order valence-electron chi connectivity index (χ0n) is 19.5. The van der Waals surface area contributed by atoms with Crippen molar-refractivity contribution in [3.8, 4) is 11.5 Å². The molecule has 3 rings (SSSR count). The number of hydrazine groups is 1. The minimum Gasteiger partial charge on any atom is -0.493 e. The maximum Gasteiger partial charge on any atom is 0.422 e. The van der Waals surface area contributed by atoms with Crippen molar-refractivity contribution >= 4 is 12.0 Å². The summed E-state index contributed by atoms with van der Waals surface area (Å²) in [7, 11) is 3.23. The van der Waals surface area contributed by atoms with Crippen molar-refractivity contribution in [2.75, 3.05) is 27.3 Å². The number of amides is 2. The molecule has 172 valence electrons. The maximum absolute atomic E-state index is 13.1. The summed E-state index contributed by atoms with van der Waals surface area (Å²) in [6.07, 6.45) is 2.44. The first kappa shape index (κ1) is 23.2. The molecule has 0 bridgehead atoms. The monoisotopic (exact) mass is 433 g/mol. The van der Waals surface area contributed by atoms with Crippen LogP contribution in [0.1, 0.15) is 51.7 Å². The van der Waals surface area contributed by atoms with E-state index in [1.54, 1.807) is 19.2 Å². The molecule has 31 heavy (non-hydrogen) atoms. The molecule has 1 aromatic carbocycles. The first-order valence-corrected chi connectivity index (χ1v) is 10.9. The van der Waals surface area contributed by atoms with Crippen LogP contribution in [0.25, 0.3) is 0 Å². The first-order valence-electron chi connectivity index (χ1n) is 10.9. The Kier molecular flexibility index (Phi) is 6.99. The number of methoxy groups -OCH3 is 2. The highest BCUT2D eigenvalue weighted by atomic mass is 16.6. The van der Waals surface area contributed by atoms with Crippen molar-refractivity contribution in [2.45, 2.75) is 65.1 Å². The lowest BCUT2D eigenvalue weighted by atomic mass is 9.98. The van der Waals surface area contributed by atoms with Crippen LogP contribution in [0.3, 0.4) is 0 Å². The van der Waals surface area contributed by atoms with Gasteiger partial charge in [0.2, 0.25) is 5.91 Å². The van der Waals surface area contributed by atoms with Gasteiger partial charge in [-0.25, -0.2) is 9.80 Å². The van der Waals surface area contributed by atoms with Gasteiger partial charge < -0.3 is 19.1 Å². The van der Waals surface area contributed by atoms with Crippen molar-refractivity contribution in [2.24, 2.45) is 5.92 Å². The fourth-order valence-corrected chi connectivity index (χ4v) is 3.88. The van der Waals surface area contributed by atoms with Crippen LogP contribution in [0.5, 0.6) is 11.5 Å². The topological polar surface area (TPSA) is 80.3 Å². The van der Waals surface area contributed by atoms with Gasteiger partial charge in [-0.15, -0.1) is 0 Å². The van der Waals surface area contributed by atoms with E-state index in [1.807, 2.05) is 44.7 Å². The molecule has 1 fully saturated rings. The summed E-state index contributed by atoms with van der Waals surface area (Å²) in [6, 6.07) is 4.00. The van der Waals surface area contributed by atoms with E-state index >= 15 is 0 Å². The Bertz CT molecular complexity index is 816. The van der Waals surface area contributed by atoms with Gasteiger partial charge in [-0.1, -0.05) is 0 Å². The highest BCUT2D eigenvalue weighted by Crippen LogP contribution is 2.35. The number of hydrogen-bond acceptors (Lipinski definition) is 6. The quantitative estimate of drug-likeness (QED) is 0.666. The molecule has 2 aliphatic rings. The number of rotatable bonds is 7. The number of nitrogens with zero attached hydrogens (tertiary/aromatic N) is 2. The Morgan fingerprint density at radius 1 is 1.16 bits per heavy atom. The molecule has 0 spiro atoms. The Hall–Kier alpha value is -2.48. The second-order valence-corrected chi connectivity index (χ2v) is 9.36. The molecule has 0 saturated heterocycles. The van der Waals surface area contributed by atoms with E-state index in [2.05, 4.69) is 5.43 Å². The molecular formula is C23H35N3O5. The predicted octanol–water partition coefficient (Wildman–Crippen LogP) is 3.13. The lowest BCUT2D eigenvalue weighted by molar-refractivity contribution is -0.134. The van der Waals surface area contributed by atoms with Crippen molar-refractivity contribution in [3.05, 3.63) is 23.3 Å². The number of hydrogen-bond donors (Lipinski definition) is 1. The van der Waals surface area contributed by atoms with Gasteiger partial charge in [0.25, 0.3) is 0 Å². The average molecular weight is 434 g/mol. The normalized spacial score (nSPS) is 17.1. The highest BCUT2D eigenvalue weighted by Gasteiger charge is 2.35. The van der Waals surface area contributed by atoms with Crippen LogP contribution in [-0.4, -0.2) is 60.9 Å². The SMILES string of the molecule is COc1cc2c(cc1OC)CN(C(=O)CN(NC(=O)OC(C)(C)C)[C@H](C)C1CC1)CC2. The molecule has 1 N–H and O–H groups in total. The summed E-state index contributed by atoms with van der Waals surface area (Å²) < 4.78 is 16.2. The zero-order valence-corrected chi connectivity index (χ0v) is 19.5. The second-order valence-electron chi connectivity index (χ2n) is 9.36. The number of fused-ring (bicyclic) bond motifs is 1. The number of nitrogens with one attached hydrogen (secondary N) is 1. The molecular weight excluding hydrogens is 398 g/mol.